The largest absolute Gasteiger partial charge is 0.463 e. The van der Waals surface area contributed by atoms with Crippen molar-refractivity contribution < 1.29 is 14.2 Å². The molecule has 2 aromatic carbocycles. The van der Waals surface area contributed by atoms with E-state index < -0.39 is 16.1 Å². The van der Waals surface area contributed by atoms with Crippen LogP contribution in [0, 0.1) is 0 Å². The number of benzene rings is 2. The lowest BCUT2D eigenvalue weighted by Gasteiger charge is -2.18. The SMILES string of the molecule is CCCCCCCCOc1ncc(-c2ccc(Oc3ccc(-c4cnc(OCCCCCCCC)nc4)cc3CCCCCC[Si](C)(C)C)c(CCCCCC[Si](C)(C)C)c2)cn1. The molecular formula is C54H86N4O3Si2. The summed E-state index contributed by atoms with van der Waals surface area (Å²) < 4.78 is 18.8. The van der Waals surface area contributed by atoms with Crippen LogP contribution in [0.1, 0.15) is 153 Å². The van der Waals surface area contributed by atoms with E-state index in [1.54, 1.807) is 0 Å². The molecule has 2 heterocycles. The Morgan fingerprint density at radius 3 is 1.13 bits per heavy atom. The van der Waals surface area contributed by atoms with Gasteiger partial charge in [-0.1, -0.05) is 180 Å². The van der Waals surface area contributed by atoms with Crippen LogP contribution in [0.15, 0.2) is 61.2 Å². The summed E-state index contributed by atoms with van der Waals surface area (Å²) in [5, 5.41) is 0. The van der Waals surface area contributed by atoms with Crippen molar-refractivity contribution in [3.8, 4) is 45.8 Å². The molecular weight excluding hydrogens is 809 g/mol. The molecule has 0 amide bonds. The minimum Gasteiger partial charge on any atom is -0.463 e. The molecule has 9 heteroatoms. The Kier molecular flexibility index (Phi) is 24.0. The van der Waals surface area contributed by atoms with Gasteiger partial charge in [0.15, 0.2) is 0 Å². The zero-order valence-corrected chi connectivity index (χ0v) is 43.2. The quantitative estimate of drug-likeness (QED) is 0.0341. The van der Waals surface area contributed by atoms with Crippen LogP contribution in [-0.2, 0) is 12.8 Å². The normalized spacial score (nSPS) is 11.9. The number of ether oxygens (including phenoxy) is 3. The topological polar surface area (TPSA) is 79.2 Å². The van der Waals surface area contributed by atoms with Gasteiger partial charge in [0.2, 0.25) is 0 Å². The molecule has 4 aromatic rings. The van der Waals surface area contributed by atoms with Gasteiger partial charge in [0.1, 0.15) is 11.5 Å². The minimum absolute atomic E-state index is 0.456. The van der Waals surface area contributed by atoms with Crippen molar-refractivity contribution in [2.45, 2.75) is 206 Å². The van der Waals surface area contributed by atoms with Gasteiger partial charge < -0.3 is 14.2 Å². The average molecular weight is 895 g/mol. The molecule has 0 saturated carbocycles. The van der Waals surface area contributed by atoms with Crippen LogP contribution in [0.3, 0.4) is 0 Å². The number of nitrogens with zero attached hydrogens (tertiary/aromatic N) is 4. The van der Waals surface area contributed by atoms with Crippen molar-refractivity contribution in [1.82, 2.24) is 19.9 Å². The van der Waals surface area contributed by atoms with Gasteiger partial charge in [-0.05, 0) is 85.0 Å². The molecule has 0 aliphatic carbocycles. The Morgan fingerprint density at radius 1 is 0.397 bits per heavy atom. The summed E-state index contributed by atoms with van der Waals surface area (Å²) in [6.45, 7) is 20.7. The van der Waals surface area contributed by atoms with Crippen molar-refractivity contribution in [3.63, 3.8) is 0 Å². The Balaban J connectivity index is 1.51. The van der Waals surface area contributed by atoms with Crippen LogP contribution in [0.5, 0.6) is 23.5 Å². The maximum atomic E-state index is 6.99. The van der Waals surface area contributed by atoms with Crippen LogP contribution in [-0.4, -0.2) is 49.3 Å². The van der Waals surface area contributed by atoms with E-state index in [9.17, 15) is 0 Å². The zero-order chi connectivity index (χ0) is 45.2. The third-order valence-corrected chi connectivity index (χ3v) is 15.7. The molecule has 0 aliphatic heterocycles. The van der Waals surface area contributed by atoms with E-state index in [1.807, 2.05) is 24.8 Å². The third kappa shape index (κ3) is 21.8. The second-order valence-electron chi connectivity index (χ2n) is 20.4. The standard InChI is InChI=1S/C54H86N4O3Si2/c1-9-11-13-15-19-25-35-59-53-55-41-49(42-56-53)45-31-33-51(47(39-45)29-23-17-21-27-37-62(3,4)5)61-52-34-32-46(40-48(52)30-24-18-22-28-38-63(6,7)8)50-43-57-54(58-44-50)60-36-26-20-16-14-12-10-2/h31-34,39-44H,9-30,35-38H2,1-8H3. The number of hydrogen-bond acceptors (Lipinski definition) is 7. The molecule has 0 radical (unpaired) electrons. The monoisotopic (exact) mass is 895 g/mol. The number of rotatable bonds is 34. The van der Waals surface area contributed by atoms with Crippen LogP contribution in [0.25, 0.3) is 22.3 Å². The van der Waals surface area contributed by atoms with Crippen LogP contribution < -0.4 is 14.2 Å². The molecule has 0 spiro atoms. The summed E-state index contributed by atoms with van der Waals surface area (Å²) in [5.74, 6) is 1.86. The highest BCUT2D eigenvalue weighted by molar-refractivity contribution is 6.76. The molecule has 0 atom stereocenters. The highest BCUT2D eigenvalue weighted by Crippen LogP contribution is 2.36. The number of aryl methyl sites for hydroxylation is 2. The van der Waals surface area contributed by atoms with Gasteiger partial charge in [0.25, 0.3) is 0 Å². The first-order chi connectivity index (χ1) is 30.4. The lowest BCUT2D eigenvalue weighted by atomic mass is 9.99. The molecule has 7 nitrogen and oxygen atoms in total. The van der Waals surface area contributed by atoms with E-state index in [2.05, 4.69) is 109 Å². The zero-order valence-electron chi connectivity index (χ0n) is 41.2. The van der Waals surface area contributed by atoms with Gasteiger partial charge in [-0.25, -0.2) is 19.9 Å². The summed E-state index contributed by atoms with van der Waals surface area (Å²) in [7, 11) is -2.04. The smallest absolute Gasteiger partial charge is 0.316 e. The van der Waals surface area contributed by atoms with Crippen LogP contribution in [0.2, 0.25) is 51.4 Å². The highest BCUT2D eigenvalue weighted by Gasteiger charge is 2.16. The van der Waals surface area contributed by atoms with Crippen molar-refractivity contribution >= 4 is 16.1 Å². The van der Waals surface area contributed by atoms with E-state index in [-0.39, 0.29) is 0 Å². The first-order valence-corrected chi connectivity index (χ1v) is 32.7. The first kappa shape index (κ1) is 52.1. The number of hydrogen-bond donors (Lipinski definition) is 0. The predicted octanol–water partition coefficient (Wildman–Crippen LogP) is 16.8. The van der Waals surface area contributed by atoms with Gasteiger partial charge in [0, 0.05) is 52.1 Å². The second-order valence-corrected chi connectivity index (χ2v) is 31.7. The summed E-state index contributed by atoms with van der Waals surface area (Å²) >= 11 is 0. The Morgan fingerprint density at radius 2 is 0.746 bits per heavy atom. The Bertz CT molecular complexity index is 1690. The van der Waals surface area contributed by atoms with E-state index in [1.165, 1.54) is 126 Å². The van der Waals surface area contributed by atoms with Gasteiger partial charge >= 0.3 is 12.0 Å². The van der Waals surface area contributed by atoms with Crippen molar-refractivity contribution in [2.75, 3.05) is 13.2 Å². The lowest BCUT2D eigenvalue weighted by Crippen LogP contribution is -2.18. The first-order valence-electron chi connectivity index (χ1n) is 25.3. The van der Waals surface area contributed by atoms with Gasteiger partial charge in [0.05, 0.1) is 13.2 Å². The molecule has 4 rings (SSSR count). The molecule has 0 aliphatic rings. The maximum absolute atomic E-state index is 6.99. The van der Waals surface area contributed by atoms with Crippen molar-refractivity contribution in [2.24, 2.45) is 0 Å². The fourth-order valence-corrected chi connectivity index (χ4v) is 10.7. The number of aromatic nitrogens is 4. The van der Waals surface area contributed by atoms with Gasteiger partial charge in [-0.2, -0.15) is 0 Å². The summed E-state index contributed by atoms with van der Waals surface area (Å²) in [4.78, 5) is 18.4. The molecule has 0 fully saturated rings. The second kappa shape index (κ2) is 29.1. The molecule has 0 bridgehead atoms. The predicted molar refractivity (Wildman–Crippen MR) is 273 cm³/mol. The summed E-state index contributed by atoms with van der Waals surface area (Å²) in [6.07, 6.45) is 34.2. The van der Waals surface area contributed by atoms with E-state index in [4.69, 9.17) is 14.2 Å². The summed E-state index contributed by atoms with van der Waals surface area (Å²) in [5.41, 5.74) is 6.65. The minimum atomic E-state index is -1.02. The van der Waals surface area contributed by atoms with E-state index in [0.29, 0.717) is 25.2 Å². The van der Waals surface area contributed by atoms with Crippen LogP contribution in [0.4, 0.5) is 0 Å². The van der Waals surface area contributed by atoms with Gasteiger partial charge in [-0.3, -0.25) is 0 Å². The van der Waals surface area contributed by atoms with Crippen LogP contribution >= 0.6 is 0 Å². The maximum Gasteiger partial charge on any atom is 0.316 e. The molecule has 2 aromatic heterocycles. The molecule has 348 valence electrons. The molecule has 63 heavy (non-hydrogen) atoms. The number of unbranched alkanes of at least 4 members (excludes halogenated alkanes) is 16. The summed E-state index contributed by atoms with van der Waals surface area (Å²) in [6, 6.07) is 16.9. The molecule has 0 unspecified atom stereocenters. The highest BCUT2D eigenvalue weighted by atomic mass is 28.3. The van der Waals surface area contributed by atoms with E-state index >= 15 is 0 Å². The van der Waals surface area contributed by atoms with E-state index in [0.717, 1.165) is 72.3 Å². The Labute approximate surface area is 386 Å². The molecule has 0 N–H and O–H groups in total. The van der Waals surface area contributed by atoms with Crippen molar-refractivity contribution in [1.29, 1.82) is 0 Å². The fraction of sp³-hybridized carbons (Fsp3) is 0.630. The lowest BCUT2D eigenvalue weighted by molar-refractivity contribution is 0.281. The van der Waals surface area contributed by atoms with Crippen molar-refractivity contribution in [3.05, 3.63) is 72.3 Å². The van der Waals surface area contributed by atoms with Gasteiger partial charge in [-0.15, -0.1) is 0 Å². The molecule has 0 saturated heterocycles. The Hall–Kier alpha value is -3.57. The third-order valence-electron chi connectivity index (χ3n) is 12.0. The fourth-order valence-electron chi connectivity index (χ4n) is 8.05. The average Bonchev–Trinajstić information content (AvgIpc) is 3.26.